The van der Waals surface area contributed by atoms with Crippen molar-refractivity contribution in [2.24, 2.45) is 0 Å². The van der Waals surface area contributed by atoms with Crippen molar-refractivity contribution in [3.8, 4) is 5.75 Å². The number of ether oxygens (including phenoxy) is 1. The third kappa shape index (κ3) is 5.38. The first-order valence-electron chi connectivity index (χ1n) is 11.6. The number of nitrogens with zero attached hydrogens (tertiary/aromatic N) is 2. The van der Waals surface area contributed by atoms with Crippen LogP contribution in [0.3, 0.4) is 0 Å². The summed E-state index contributed by atoms with van der Waals surface area (Å²) in [6, 6.07) is 29.1. The molecule has 3 aromatic carbocycles. The van der Waals surface area contributed by atoms with E-state index in [0.717, 1.165) is 44.8 Å². The van der Waals surface area contributed by atoms with Crippen molar-refractivity contribution in [3.05, 3.63) is 102 Å². The lowest BCUT2D eigenvalue weighted by Crippen LogP contribution is -2.49. The van der Waals surface area contributed by atoms with Crippen LogP contribution in [0.2, 0.25) is 0 Å². The molecule has 1 fully saturated rings. The minimum atomic E-state index is 0.0848. The SMILES string of the molecule is CCCCOc1cccc(C(=O)N2CCN(C(c3ccccc3)c3ccccc3)CC2)c1. The van der Waals surface area contributed by atoms with Crippen LogP contribution < -0.4 is 4.74 Å². The zero-order chi connectivity index (χ0) is 22.2. The van der Waals surface area contributed by atoms with Crippen LogP contribution in [-0.4, -0.2) is 48.5 Å². The molecule has 1 saturated heterocycles. The van der Waals surface area contributed by atoms with Crippen LogP contribution in [0.15, 0.2) is 84.9 Å². The number of carbonyl (C=O) groups excluding carboxylic acids is 1. The van der Waals surface area contributed by atoms with Crippen molar-refractivity contribution in [1.29, 1.82) is 0 Å². The van der Waals surface area contributed by atoms with Crippen molar-refractivity contribution < 1.29 is 9.53 Å². The Hall–Kier alpha value is -3.11. The molecule has 4 heteroatoms. The molecule has 0 spiro atoms. The number of hydrogen-bond acceptors (Lipinski definition) is 3. The van der Waals surface area contributed by atoms with Crippen molar-refractivity contribution in [3.63, 3.8) is 0 Å². The number of benzene rings is 3. The topological polar surface area (TPSA) is 32.8 Å². The van der Waals surface area contributed by atoms with E-state index in [1.165, 1.54) is 11.1 Å². The second kappa shape index (κ2) is 11.0. The Bertz CT molecular complexity index is 943. The first-order chi connectivity index (χ1) is 15.8. The molecular formula is C28H32N2O2. The van der Waals surface area contributed by atoms with Crippen LogP contribution in [-0.2, 0) is 0 Å². The van der Waals surface area contributed by atoms with E-state index >= 15 is 0 Å². The number of amides is 1. The normalized spacial score (nSPS) is 14.5. The maximum Gasteiger partial charge on any atom is 0.254 e. The lowest BCUT2D eigenvalue weighted by molar-refractivity contribution is 0.0597. The molecule has 1 aliphatic heterocycles. The number of rotatable bonds is 8. The molecule has 0 aromatic heterocycles. The Morgan fingerprint density at radius 1 is 0.844 bits per heavy atom. The Kier molecular flexibility index (Phi) is 7.57. The van der Waals surface area contributed by atoms with Gasteiger partial charge in [-0.25, -0.2) is 0 Å². The van der Waals surface area contributed by atoms with E-state index in [0.29, 0.717) is 12.2 Å². The van der Waals surface area contributed by atoms with Gasteiger partial charge in [0.1, 0.15) is 5.75 Å². The van der Waals surface area contributed by atoms with Crippen LogP contribution in [0.4, 0.5) is 0 Å². The van der Waals surface area contributed by atoms with Crippen LogP contribution in [0, 0.1) is 0 Å². The molecule has 1 amide bonds. The highest BCUT2D eigenvalue weighted by Gasteiger charge is 2.28. The molecule has 1 heterocycles. The first kappa shape index (κ1) is 22.1. The third-order valence-electron chi connectivity index (χ3n) is 6.04. The zero-order valence-corrected chi connectivity index (χ0v) is 18.8. The fraction of sp³-hybridized carbons (Fsp3) is 0.321. The third-order valence-corrected chi connectivity index (χ3v) is 6.04. The second-order valence-corrected chi connectivity index (χ2v) is 8.28. The second-order valence-electron chi connectivity index (χ2n) is 8.28. The Morgan fingerprint density at radius 3 is 2.06 bits per heavy atom. The van der Waals surface area contributed by atoms with Gasteiger partial charge in [-0.1, -0.05) is 80.1 Å². The van der Waals surface area contributed by atoms with Crippen LogP contribution in [0.5, 0.6) is 5.75 Å². The van der Waals surface area contributed by atoms with Gasteiger partial charge in [-0.15, -0.1) is 0 Å². The van der Waals surface area contributed by atoms with E-state index < -0.39 is 0 Å². The standard InChI is InChI=1S/C28H32N2O2/c1-2-3-21-32-26-16-10-15-25(22-26)28(31)30-19-17-29(18-20-30)27(23-11-6-4-7-12-23)24-13-8-5-9-14-24/h4-16,22,27H,2-3,17-21H2,1H3. The molecule has 0 aliphatic carbocycles. The quantitative estimate of drug-likeness (QED) is 0.450. The summed E-state index contributed by atoms with van der Waals surface area (Å²) in [5, 5.41) is 0. The molecule has 0 bridgehead atoms. The molecule has 4 rings (SSSR count). The van der Waals surface area contributed by atoms with E-state index in [-0.39, 0.29) is 11.9 Å². The molecule has 1 aliphatic rings. The van der Waals surface area contributed by atoms with Crippen molar-refractivity contribution in [2.45, 2.75) is 25.8 Å². The maximum atomic E-state index is 13.2. The average molecular weight is 429 g/mol. The lowest BCUT2D eigenvalue weighted by Gasteiger charge is -2.39. The van der Waals surface area contributed by atoms with Gasteiger partial charge in [-0.3, -0.25) is 9.69 Å². The van der Waals surface area contributed by atoms with Gasteiger partial charge in [0.25, 0.3) is 5.91 Å². The summed E-state index contributed by atoms with van der Waals surface area (Å²) >= 11 is 0. The van der Waals surface area contributed by atoms with Crippen LogP contribution >= 0.6 is 0 Å². The predicted molar refractivity (Wildman–Crippen MR) is 129 cm³/mol. The van der Waals surface area contributed by atoms with Gasteiger partial charge in [0.15, 0.2) is 0 Å². The van der Waals surface area contributed by atoms with Gasteiger partial charge in [0.05, 0.1) is 12.6 Å². The molecule has 32 heavy (non-hydrogen) atoms. The van der Waals surface area contributed by atoms with Gasteiger partial charge in [0, 0.05) is 31.7 Å². The predicted octanol–water partition coefficient (Wildman–Crippen LogP) is 5.41. The average Bonchev–Trinajstić information content (AvgIpc) is 2.86. The summed E-state index contributed by atoms with van der Waals surface area (Å²) in [5.41, 5.74) is 3.28. The fourth-order valence-corrected chi connectivity index (χ4v) is 4.30. The van der Waals surface area contributed by atoms with Gasteiger partial charge in [-0.2, -0.15) is 0 Å². The van der Waals surface area contributed by atoms with E-state index in [2.05, 4.69) is 72.5 Å². The molecule has 4 nitrogen and oxygen atoms in total. The number of unbranched alkanes of at least 4 members (excludes halogenated alkanes) is 1. The van der Waals surface area contributed by atoms with E-state index in [4.69, 9.17) is 4.74 Å². The molecule has 0 atom stereocenters. The molecule has 0 radical (unpaired) electrons. The Morgan fingerprint density at radius 2 is 1.47 bits per heavy atom. The molecule has 3 aromatic rings. The highest BCUT2D eigenvalue weighted by atomic mass is 16.5. The monoisotopic (exact) mass is 428 g/mol. The molecule has 0 N–H and O–H groups in total. The van der Waals surface area contributed by atoms with Gasteiger partial charge in [0.2, 0.25) is 0 Å². The Labute approximate surface area is 191 Å². The van der Waals surface area contributed by atoms with E-state index in [1.54, 1.807) is 0 Å². The lowest BCUT2D eigenvalue weighted by atomic mass is 9.96. The van der Waals surface area contributed by atoms with E-state index in [9.17, 15) is 4.79 Å². The number of carbonyl (C=O) groups is 1. The molecular weight excluding hydrogens is 396 g/mol. The summed E-state index contributed by atoms with van der Waals surface area (Å²) < 4.78 is 5.79. The zero-order valence-electron chi connectivity index (χ0n) is 18.8. The smallest absolute Gasteiger partial charge is 0.254 e. The van der Waals surface area contributed by atoms with Crippen molar-refractivity contribution >= 4 is 5.91 Å². The summed E-state index contributed by atoms with van der Waals surface area (Å²) in [5.74, 6) is 0.859. The summed E-state index contributed by atoms with van der Waals surface area (Å²) in [6.45, 7) is 5.95. The molecule has 0 saturated carbocycles. The highest BCUT2D eigenvalue weighted by molar-refractivity contribution is 5.94. The van der Waals surface area contributed by atoms with Crippen LogP contribution in [0.25, 0.3) is 0 Å². The van der Waals surface area contributed by atoms with E-state index in [1.807, 2.05) is 29.2 Å². The van der Waals surface area contributed by atoms with Crippen molar-refractivity contribution in [2.75, 3.05) is 32.8 Å². The minimum absolute atomic E-state index is 0.0848. The Balaban J connectivity index is 1.44. The van der Waals surface area contributed by atoms with Gasteiger partial charge < -0.3 is 9.64 Å². The molecule has 166 valence electrons. The van der Waals surface area contributed by atoms with Crippen molar-refractivity contribution in [1.82, 2.24) is 9.80 Å². The summed E-state index contributed by atoms with van der Waals surface area (Å²) in [7, 11) is 0. The van der Waals surface area contributed by atoms with Gasteiger partial charge >= 0.3 is 0 Å². The number of piperazine rings is 1. The van der Waals surface area contributed by atoms with Crippen LogP contribution in [0.1, 0.15) is 47.3 Å². The summed E-state index contributed by atoms with van der Waals surface area (Å²) in [6.07, 6.45) is 2.11. The first-order valence-corrected chi connectivity index (χ1v) is 11.6. The highest BCUT2D eigenvalue weighted by Crippen LogP contribution is 2.29. The molecule has 0 unspecified atom stereocenters. The summed E-state index contributed by atoms with van der Waals surface area (Å²) in [4.78, 5) is 17.6. The largest absolute Gasteiger partial charge is 0.494 e. The number of hydrogen-bond donors (Lipinski definition) is 0. The maximum absolute atomic E-state index is 13.2. The minimum Gasteiger partial charge on any atom is -0.494 e. The van der Waals surface area contributed by atoms with Gasteiger partial charge in [-0.05, 0) is 35.7 Å². The fourth-order valence-electron chi connectivity index (χ4n) is 4.30.